The van der Waals surface area contributed by atoms with E-state index in [1.807, 2.05) is 0 Å². The van der Waals surface area contributed by atoms with Gasteiger partial charge < -0.3 is 14.2 Å². The SMILES string of the molecule is CCCCCCCCCCCCCCCCCCCCC(=O)OC[C@H](COC(=O)CCCCCCCCCCCCCCC(C)C)OC(=O)CCCCCCCCCCCCCCC(C)C. The molecule has 0 amide bonds. The first-order valence-corrected chi connectivity index (χ1v) is 29.7. The summed E-state index contributed by atoms with van der Waals surface area (Å²) in [6.07, 6.45) is 56.7. The lowest BCUT2D eigenvalue weighted by Crippen LogP contribution is -2.30. The van der Waals surface area contributed by atoms with Gasteiger partial charge >= 0.3 is 17.9 Å². The predicted octanol–water partition coefficient (Wildman–Crippen LogP) is 19.7. The van der Waals surface area contributed by atoms with Crippen molar-refractivity contribution in [2.75, 3.05) is 13.2 Å². The third kappa shape index (κ3) is 53.4. The molecule has 0 aliphatic heterocycles. The maximum absolute atomic E-state index is 12.9. The molecular weight excluding hydrogens is 817 g/mol. The van der Waals surface area contributed by atoms with Crippen LogP contribution in [-0.2, 0) is 28.6 Å². The Labute approximate surface area is 412 Å². The Bertz CT molecular complexity index is 1010. The number of rotatable bonds is 54. The van der Waals surface area contributed by atoms with Crippen molar-refractivity contribution in [2.24, 2.45) is 11.8 Å². The fourth-order valence-electron chi connectivity index (χ4n) is 9.23. The second-order valence-electron chi connectivity index (χ2n) is 21.6. The van der Waals surface area contributed by atoms with Gasteiger partial charge in [0.15, 0.2) is 6.10 Å². The van der Waals surface area contributed by atoms with Gasteiger partial charge in [0.25, 0.3) is 0 Å². The number of hydrogen-bond donors (Lipinski definition) is 0. The summed E-state index contributed by atoms with van der Waals surface area (Å²) in [6, 6.07) is 0. The Morgan fingerprint density at radius 2 is 0.500 bits per heavy atom. The van der Waals surface area contributed by atoms with E-state index in [-0.39, 0.29) is 31.1 Å². The van der Waals surface area contributed by atoms with E-state index in [1.165, 1.54) is 225 Å². The Morgan fingerprint density at radius 3 is 0.742 bits per heavy atom. The van der Waals surface area contributed by atoms with Crippen LogP contribution < -0.4 is 0 Å². The van der Waals surface area contributed by atoms with Gasteiger partial charge in [-0.05, 0) is 31.1 Å². The van der Waals surface area contributed by atoms with Gasteiger partial charge in [-0.15, -0.1) is 0 Å². The van der Waals surface area contributed by atoms with Gasteiger partial charge in [0.1, 0.15) is 13.2 Å². The van der Waals surface area contributed by atoms with Crippen LogP contribution in [0, 0.1) is 11.8 Å². The van der Waals surface area contributed by atoms with E-state index < -0.39 is 6.10 Å². The molecule has 0 unspecified atom stereocenters. The number of esters is 3. The third-order valence-electron chi connectivity index (χ3n) is 13.7. The number of hydrogen-bond acceptors (Lipinski definition) is 6. The molecule has 0 spiro atoms. The van der Waals surface area contributed by atoms with E-state index >= 15 is 0 Å². The molecule has 0 saturated carbocycles. The molecule has 0 aliphatic carbocycles. The summed E-state index contributed by atoms with van der Waals surface area (Å²) < 4.78 is 16.9. The molecule has 0 aromatic heterocycles. The lowest BCUT2D eigenvalue weighted by Gasteiger charge is -2.18. The molecule has 0 fully saturated rings. The van der Waals surface area contributed by atoms with Gasteiger partial charge in [0.05, 0.1) is 0 Å². The normalized spacial score (nSPS) is 12.0. The number of carbonyl (C=O) groups is 3. The summed E-state index contributed by atoms with van der Waals surface area (Å²) in [4.78, 5) is 38.2. The summed E-state index contributed by atoms with van der Waals surface area (Å²) in [5.41, 5.74) is 0. The minimum Gasteiger partial charge on any atom is -0.462 e. The molecule has 1 atom stereocenters. The van der Waals surface area contributed by atoms with Gasteiger partial charge in [0.2, 0.25) is 0 Å². The van der Waals surface area contributed by atoms with Crippen LogP contribution in [0.4, 0.5) is 0 Å². The van der Waals surface area contributed by atoms with Gasteiger partial charge in [-0.1, -0.05) is 298 Å². The lowest BCUT2D eigenvalue weighted by molar-refractivity contribution is -0.167. The van der Waals surface area contributed by atoms with E-state index in [2.05, 4.69) is 34.6 Å². The van der Waals surface area contributed by atoms with Crippen LogP contribution in [0.5, 0.6) is 0 Å². The highest BCUT2D eigenvalue weighted by Gasteiger charge is 2.19. The molecular formula is C60H116O6. The zero-order valence-electron chi connectivity index (χ0n) is 45.3. The van der Waals surface area contributed by atoms with Crippen LogP contribution in [-0.4, -0.2) is 37.2 Å². The van der Waals surface area contributed by atoms with Crippen LogP contribution in [0.3, 0.4) is 0 Å². The molecule has 0 heterocycles. The van der Waals surface area contributed by atoms with E-state index in [0.29, 0.717) is 19.3 Å². The highest BCUT2D eigenvalue weighted by atomic mass is 16.6. The van der Waals surface area contributed by atoms with Gasteiger partial charge in [-0.2, -0.15) is 0 Å². The number of unbranched alkanes of at least 4 members (excludes halogenated alkanes) is 39. The van der Waals surface area contributed by atoms with Crippen molar-refractivity contribution < 1.29 is 28.6 Å². The Kier molecular flexibility index (Phi) is 51.5. The summed E-state index contributed by atoms with van der Waals surface area (Å²) in [6.45, 7) is 11.4. The maximum Gasteiger partial charge on any atom is 0.306 e. The average molecular weight is 934 g/mol. The van der Waals surface area contributed by atoms with Crippen LogP contribution in [0.2, 0.25) is 0 Å². The van der Waals surface area contributed by atoms with E-state index in [4.69, 9.17) is 14.2 Å². The van der Waals surface area contributed by atoms with Crippen LogP contribution in [0.15, 0.2) is 0 Å². The molecule has 0 saturated heterocycles. The summed E-state index contributed by atoms with van der Waals surface area (Å²) >= 11 is 0. The fraction of sp³-hybridized carbons (Fsp3) is 0.950. The van der Waals surface area contributed by atoms with Crippen molar-refractivity contribution in [1.29, 1.82) is 0 Å². The minimum atomic E-state index is -0.763. The van der Waals surface area contributed by atoms with Crippen molar-refractivity contribution in [1.82, 2.24) is 0 Å². The smallest absolute Gasteiger partial charge is 0.306 e. The molecule has 6 heteroatoms. The quantitative estimate of drug-likeness (QED) is 0.0343. The Morgan fingerprint density at radius 1 is 0.288 bits per heavy atom. The van der Waals surface area contributed by atoms with Gasteiger partial charge in [0, 0.05) is 19.3 Å². The summed E-state index contributed by atoms with van der Waals surface area (Å²) in [7, 11) is 0. The molecule has 0 aliphatic rings. The molecule has 0 aromatic carbocycles. The highest BCUT2D eigenvalue weighted by Crippen LogP contribution is 2.18. The standard InChI is InChI=1S/C60H116O6/c1-6-7-8-9-10-11-12-13-14-15-16-17-18-25-30-35-40-45-50-58(61)64-53-57(66-60(63)52-47-42-37-32-27-22-20-24-29-34-39-44-49-56(4)5)54-65-59(62)51-46-41-36-31-26-21-19-23-28-33-38-43-48-55(2)3/h55-57H,6-54H2,1-5H3/t57-/m1/s1. The van der Waals surface area contributed by atoms with E-state index in [9.17, 15) is 14.4 Å². The second-order valence-corrected chi connectivity index (χ2v) is 21.6. The molecule has 6 nitrogen and oxygen atoms in total. The van der Waals surface area contributed by atoms with Crippen LogP contribution in [0.1, 0.15) is 336 Å². The average Bonchev–Trinajstić information content (AvgIpc) is 3.29. The minimum absolute atomic E-state index is 0.0625. The van der Waals surface area contributed by atoms with Crippen molar-refractivity contribution in [2.45, 2.75) is 343 Å². The zero-order chi connectivity index (χ0) is 48.2. The van der Waals surface area contributed by atoms with Crippen molar-refractivity contribution >= 4 is 17.9 Å². The monoisotopic (exact) mass is 933 g/mol. The first kappa shape index (κ1) is 64.4. The summed E-state index contributed by atoms with van der Waals surface area (Å²) in [5.74, 6) is 0.828. The maximum atomic E-state index is 12.9. The zero-order valence-corrected chi connectivity index (χ0v) is 45.3. The van der Waals surface area contributed by atoms with Crippen LogP contribution in [0.25, 0.3) is 0 Å². The van der Waals surface area contributed by atoms with Crippen molar-refractivity contribution in [3.63, 3.8) is 0 Å². The molecule has 0 aromatic rings. The van der Waals surface area contributed by atoms with Gasteiger partial charge in [-0.3, -0.25) is 14.4 Å². The van der Waals surface area contributed by atoms with E-state index in [0.717, 1.165) is 69.6 Å². The second kappa shape index (κ2) is 52.8. The topological polar surface area (TPSA) is 78.9 Å². The highest BCUT2D eigenvalue weighted by molar-refractivity contribution is 5.71. The molecule has 0 bridgehead atoms. The number of carbonyl (C=O) groups excluding carboxylic acids is 3. The molecule has 0 rings (SSSR count). The predicted molar refractivity (Wildman–Crippen MR) is 284 cm³/mol. The molecule has 66 heavy (non-hydrogen) atoms. The molecule has 0 radical (unpaired) electrons. The van der Waals surface area contributed by atoms with Gasteiger partial charge in [-0.25, -0.2) is 0 Å². The Hall–Kier alpha value is -1.59. The first-order valence-electron chi connectivity index (χ1n) is 29.7. The summed E-state index contributed by atoms with van der Waals surface area (Å²) in [5, 5.41) is 0. The number of ether oxygens (including phenoxy) is 3. The molecule has 392 valence electrons. The van der Waals surface area contributed by atoms with Crippen molar-refractivity contribution in [3.8, 4) is 0 Å². The fourth-order valence-corrected chi connectivity index (χ4v) is 9.23. The van der Waals surface area contributed by atoms with E-state index in [1.54, 1.807) is 0 Å². The largest absolute Gasteiger partial charge is 0.462 e. The third-order valence-corrected chi connectivity index (χ3v) is 13.7. The molecule has 0 N–H and O–H groups in total. The Balaban J connectivity index is 4.29. The van der Waals surface area contributed by atoms with Crippen molar-refractivity contribution in [3.05, 3.63) is 0 Å². The first-order chi connectivity index (χ1) is 32.2. The van der Waals surface area contributed by atoms with Crippen LogP contribution >= 0.6 is 0 Å². The lowest BCUT2D eigenvalue weighted by atomic mass is 10.0.